The molecule has 5 heteroatoms. The number of benzene rings is 2. The van der Waals surface area contributed by atoms with E-state index in [1.165, 1.54) is 6.92 Å². The number of ether oxygens (including phenoxy) is 1. The highest BCUT2D eigenvalue weighted by Crippen LogP contribution is 2.16. The molecule has 0 spiro atoms. The lowest BCUT2D eigenvalue weighted by Crippen LogP contribution is -2.25. The van der Waals surface area contributed by atoms with Gasteiger partial charge in [0.2, 0.25) is 11.7 Å². The van der Waals surface area contributed by atoms with Crippen LogP contribution in [-0.4, -0.2) is 23.8 Å². The van der Waals surface area contributed by atoms with Crippen molar-refractivity contribution in [3.8, 4) is 0 Å². The maximum atomic E-state index is 12.2. The fourth-order valence-electron chi connectivity index (χ4n) is 2.53. The van der Waals surface area contributed by atoms with Gasteiger partial charge in [-0.15, -0.1) is 0 Å². The molecule has 1 atom stereocenters. The van der Waals surface area contributed by atoms with Gasteiger partial charge in [0.25, 0.3) is 0 Å². The van der Waals surface area contributed by atoms with Crippen LogP contribution in [0.4, 0.5) is 5.69 Å². The molecule has 2 aromatic carbocycles. The molecule has 0 aromatic heterocycles. The molecule has 0 aliphatic rings. The number of Topliss-reactive ketones (excluding diaryl/α,β-unsaturated/α-hetero) is 1. The maximum absolute atomic E-state index is 12.2. The number of carbonyl (C=O) groups excluding carboxylic acids is 3. The van der Waals surface area contributed by atoms with Gasteiger partial charge in [-0.2, -0.15) is 0 Å². The van der Waals surface area contributed by atoms with Crippen molar-refractivity contribution in [2.24, 2.45) is 0 Å². The molecule has 2 rings (SSSR count). The van der Waals surface area contributed by atoms with Crippen molar-refractivity contribution in [2.45, 2.75) is 39.2 Å². The van der Waals surface area contributed by atoms with Gasteiger partial charge in [-0.1, -0.05) is 55.5 Å². The van der Waals surface area contributed by atoms with Gasteiger partial charge >= 0.3 is 5.97 Å². The highest BCUT2D eigenvalue weighted by atomic mass is 16.5. The lowest BCUT2D eigenvalue weighted by molar-refractivity contribution is -0.147. The largest absolute Gasteiger partial charge is 0.454 e. The Labute approximate surface area is 153 Å². The number of nitrogens with one attached hydrogen (secondary N) is 1. The predicted octanol–water partition coefficient (Wildman–Crippen LogP) is 3.78. The molecule has 0 aliphatic carbocycles. The Morgan fingerprint density at radius 2 is 1.62 bits per heavy atom. The van der Waals surface area contributed by atoms with Crippen molar-refractivity contribution >= 4 is 23.3 Å². The zero-order valence-electron chi connectivity index (χ0n) is 15.0. The number of anilines is 1. The number of rotatable bonds is 8. The van der Waals surface area contributed by atoms with E-state index in [4.69, 9.17) is 4.74 Å². The lowest BCUT2D eigenvalue weighted by Gasteiger charge is -2.13. The van der Waals surface area contributed by atoms with Crippen LogP contribution in [-0.2, 0) is 20.7 Å². The highest BCUT2D eigenvalue weighted by molar-refractivity contribution is 6.00. The van der Waals surface area contributed by atoms with Gasteiger partial charge in [0.15, 0.2) is 6.10 Å². The monoisotopic (exact) mass is 353 g/mol. The predicted molar refractivity (Wildman–Crippen MR) is 100 cm³/mol. The van der Waals surface area contributed by atoms with Crippen molar-refractivity contribution in [1.29, 1.82) is 0 Å². The summed E-state index contributed by atoms with van der Waals surface area (Å²) in [6, 6.07) is 16.2. The molecule has 5 nitrogen and oxygen atoms in total. The molecular weight excluding hydrogens is 330 g/mol. The average molecular weight is 353 g/mol. The Balaban J connectivity index is 1.81. The molecule has 0 saturated heterocycles. The van der Waals surface area contributed by atoms with Crippen LogP contribution in [0, 0.1) is 0 Å². The standard InChI is InChI=1S/C21H23NO4/c1-3-16-9-7-8-12-18(16)22-19(23)13-14-20(24)26-15(2)21(25)17-10-5-4-6-11-17/h4-12,15H,3,13-14H2,1-2H3,(H,22,23)/t15-/m1/s1. The topological polar surface area (TPSA) is 72.5 Å². The fourth-order valence-corrected chi connectivity index (χ4v) is 2.53. The third kappa shape index (κ3) is 5.55. The molecule has 136 valence electrons. The normalized spacial score (nSPS) is 11.5. The summed E-state index contributed by atoms with van der Waals surface area (Å²) in [5, 5.41) is 2.81. The van der Waals surface area contributed by atoms with E-state index in [0.717, 1.165) is 17.7 Å². The molecule has 0 unspecified atom stereocenters. The second kappa shape index (κ2) is 9.51. The Bertz CT molecular complexity index is 771. The highest BCUT2D eigenvalue weighted by Gasteiger charge is 2.19. The number of aryl methyl sites for hydroxylation is 1. The molecule has 0 radical (unpaired) electrons. The minimum absolute atomic E-state index is 0.00310. The third-order valence-corrected chi connectivity index (χ3v) is 3.96. The Kier molecular flexibility index (Phi) is 7.09. The quantitative estimate of drug-likeness (QED) is 0.579. The van der Waals surface area contributed by atoms with E-state index in [0.29, 0.717) is 5.56 Å². The zero-order chi connectivity index (χ0) is 18.9. The van der Waals surface area contributed by atoms with Crippen molar-refractivity contribution < 1.29 is 19.1 Å². The molecule has 1 amide bonds. The number of ketones is 1. The van der Waals surface area contributed by atoms with Gasteiger partial charge in [-0.25, -0.2) is 0 Å². The molecule has 0 aliphatic heterocycles. The zero-order valence-corrected chi connectivity index (χ0v) is 15.0. The molecule has 2 aromatic rings. The second-order valence-electron chi connectivity index (χ2n) is 5.92. The molecule has 0 saturated carbocycles. The Morgan fingerprint density at radius 1 is 0.962 bits per heavy atom. The van der Waals surface area contributed by atoms with E-state index in [2.05, 4.69) is 5.32 Å². The number of hydrogen-bond donors (Lipinski definition) is 1. The SMILES string of the molecule is CCc1ccccc1NC(=O)CCC(=O)O[C@H](C)C(=O)c1ccccc1. The van der Waals surface area contributed by atoms with Crippen LogP contribution in [0.25, 0.3) is 0 Å². The summed E-state index contributed by atoms with van der Waals surface area (Å²) >= 11 is 0. The van der Waals surface area contributed by atoms with Crippen molar-refractivity contribution in [1.82, 2.24) is 0 Å². The summed E-state index contributed by atoms with van der Waals surface area (Å²) in [5.41, 5.74) is 2.27. The maximum Gasteiger partial charge on any atom is 0.307 e. The molecule has 0 heterocycles. The molecule has 1 N–H and O–H groups in total. The van der Waals surface area contributed by atoms with Gasteiger partial charge < -0.3 is 10.1 Å². The first kappa shape index (κ1) is 19.4. The summed E-state index contributed by atoms with van der Waals surface area (Å²) in [6.07, 6.45) is -0.151. The first-order valence-corrected chi connectivity index (χ1v) is 8.67. The second-order valence-corrected chi connectivity index (χ2v) is 5.92. The van der Waals surface area contributed by atoms with Gasteiger partial charge in [-0.05, 0) is 25.0 Å². The van der Waals surface area contributed by atoms with E-state index in [9.17, 15) is 14.4 Å². The smallest absolute Gasteiger partial charge is 0.307 e. The third-order valence-electron chi connectivity index (χ3n) is 3.96. The Hall–Kier alpha value is -2.95. The van der Waals surface area contributed by atoms with Gasteiger partial charge in [0.05, 0.1) is 6.42 Å². The number of carbonyl (C=O) groups is 3. The van der Waals surface area contributed by atoms with Crippen LogP contribution in [0.2, 0.25) is 0 Å². The van der Waals surface area contributed by atoms with Gasteiger partial charge in [-0.3, -0.25) is 14.4 Å². The average Bonchev–Trinajstić information content (AvgIpc) is 2.67. The number of esters is 1. The minimum atomic E-state index is -0.881. The van der Waals surface area contributed by atoms with E-state index >= 15 is 0 Å². The van der Waals surface area contributed by atoms with Crippen LogP contribution in [0.5, 0.6) is 0 Å². The van der Waals surface area contributed by atoms with Crippen LogP contribution in [0.15, 0.2) is 54.6 Å². The van der Waals surface area contributed by atoms with E-state index in [-0.39, 0.29) is 24.5 Å². The van der Waals surface area contributed by atoms with E-state index < -0.39 is 12.1 Å². The van der Waals surface area contributed by atoms with Crippen LogP contribution >= 0.6 is 0 Å². The molecular formula is C21H23NO4. The lowest BCUT2D eigenvalue weighted by atomic mass is 10.1. The summed E-state index contributed by atoms with van der Waals surface area (Å²) in [4.78, 5) is 36.1. The van der Waals surface area contributed by atoms with Crippen LogP contribution < -0.4 is 5.32 Å². The van der Waals surface area contributed by atoms with E-state index in [1.807, 2.05) is 37.3 Å². The number of amides is 1. The minimum Gasteiger partial charge on any atom is -0.454 e. The van der Waals surface area contributed by atoms with Crippen LogP contribution in [0.1, 0.15) is 42.6 Å². The molecule has 0 fully saturated rings. The fraction of sp³-hybridized carbons (Fsp3) is 0.286. The molecule has 26 heavy (non-hydrogen) atoms. The molecule has 0 bridgehead atoms. The summed E-state index contributed by atoms with van der Waals surface area (Å²) < 4.78 is 5.14. The summed E-state index contributed by atoms with van der Waals surface area (Å²) in [6.45, 7) is 3.54. The number of para-hydroxylation sites is 1. The van der Waals surface area contributed by atoms with Gasteiger partial charge in [0.1, 0.15) is 0 Å². The Morgan fingerprint density at radius 3 is 2.31 bits per heavy atom. The first-order chi connectivity index (χ1) is 12.5. The van der Waals surface area contributed by atoms with E-state index in [1.54, 1.807) is 24.3 Å². The van der Waals surface area contributed by atoms with Crippen molar-refractivity contribution in [3.63, 3.8) is 0 Å². The van der Waals surface area contributed by atoms with Gasteiger partial charge in [0, 0.05) is 17.7 Å². The first-order valence-electron chi connectivity index (χ1n) is 8.67. The summed E-state index contributed by atoms with van der Waals surface area (Å²) in [5.74, 6) is -1.09. The van der Waals surface area contributed by atoms with Crippen LogP contribution in [0.3, 0.4) is 0 Å². The summed E-state index contributed by atoms with van der Waals surface area (Å²) in [7, 11) is 0. The number of hydrogen-bond acceptors (Lipinski definition) is 4. The van der Waals surface area contributed by atoms with Crippen molar-refractivity contribution in [2.75, 3.05) is 5.32 Å². The van der Waals surface area contributed by atoms with Crippen molar-refractivity contribution in [3.05, 3.63) is 65.7 Å².